The summed E-state index contributed by atoms with van der Waals surface area (Å²) in [5.41, 5.74) is 5.49. The molecule has 2 bridgehead atoms. The van der Waals surface area contributed by atoms with Crippen molar-refractivity contribution in [1.29, 1.82) is 5.26 Å². The fraction of sp³-hybridized carbons (Fsp3) is 0.387. The average molecular weight is 1400 g/mol. The summed E-state index contributed by atoms with van der Waals surface area (Å²) in [6, 6.07) is 23.6. The molecular formula is C75H80F3N19O6. The molecule has 11 aromatic rings. The lowest BCUT2D eigenvalue weighted by Gasteiger charge is -2.48. The quantitative estimate of drug-likeness (QED) is 0.0662. The number of benzene rings is 2. The van der Waals surface area contributed by atoms with Gasteiger partial charge in [0.1, 0.15) is 93.2 Å². The second-order valence-electron chi connectivity index (χ2n) is 30.1. The molecule has 15 rings (SSSR count). The van der Waals surface area contributed by atoms with Gasteiger partial charge in [0.15, 0.2) is 18.2 Å². The largest absolute Gasteiger partial charge is 0.506 e. The van der Waals surface area contributed by atoms with Gasteiger partial charge in [-0.1, -0.05) is 0 Å². The van der Waals surface area contributed by atoms with Crippen molar-refractivity contribution in [1.82, 2.24) is 91.0 Å². The number of fused-ring (bicyclic) bond motifs is 4. The van der Waals surface area contributed by atoms with Crippen LogP contribution in [0.3, 0.4) is 0 Å². The van der Waals surface area contributed by atoms with Crippen LogP contribution in [0.1, 0.15) is 113 Å². The normalized spacial score (nSPS) is 22.8. The Balaban J connectivity index is 0.000000138. The number of nitrogens with one attached hydrogen (secondary N) is 3. The third kappa shape index (κ3) is 15.3. The molecule has 0 amide bonds. The highest BCUT2D eigenvalue weighted by atomic mass is 19.1. The van der Waals surface area contributed by atoms with Gasteiger partial charge >= 0.3 is 0 Å². The Hall–Kier alpha value is -10.9. The molecule has 9 aromatic heterocycles. The molecule has 1 unspecified atom stereocenters. The van der Waals surface area contributed by atoms with Crippen LogP contribution in [0.2, 0.25) is 0 Å². The molecule has 6 N–H and O–H groups in total. The first-order chi connectivity index (χ1) is 48.8. The Morgan fingerprint density at radius 1 is 0.485 bits per heavy atom. The Bertz CT molecular complexity index is 4980. The number of hydrogen-bond acceptors (Lipinski definition) is 23. The lowest BCUT2D eigenvalue weighted by molar-refractivity contribution is -0.0283. The summed E-state index contributed by atoms with van der Waals surface area (Å²) in [5.74, 6) is 0.240. The van der Waals surface area contributed by atoms with Crippen molar-refractivity contribution >= 4 is 21.8 Å². The third-order valence-electron chi connectivity index (χ3n) is 19.1. The van der Waals surface area contributed by atoms with Crippen molar-refractivity contribution < 1.29 is 42.7 Å². The van der Waals surface area contributed by atoms with Crippen LogP contribution in [-0.2, 0) is 14.1 Å². The first kappa shape index (κ1) is 70.5. The lowest BCUT2D eigenvalue weighted by Crippen LogP contribution is -2.66. The Morgan fingerprint density at radius 3 is 1.31 bits per heavy atom. The van der Waals surface area contributed by atoms with Crippen LogP contribution in [0.5, 0.6) is 34.9 Å². The Kier molecular flexibility index (Phi) is 18.6. The van der Waals surface area contributed by atoms with E-state index in [9.17, 15) is 25.0 Å². The number of rotatable bonds is 12. The van der Waals surface area contributed by atoms with Crippen LogP contribution in [-0.4, -0.2) is 154 Å². The van der Waals surface area contributed by atoms with Gasteiger partial charge in [-0.2, -0.15) is 15.5 Å². The number of piperidine rings is 3. The summed E-state index contributed by atoms with van der Waals surface area (Å²) >= 11 is 0. The van der Waals surface area contributed by atoms with E-state index in [1.54, 1.807) is 115 Å². The zero-order valence-electron chi connectivity index (χ0n) is 59.1. The summed E-state index contributed by atoms with van der Waals surface area (Å²) in [5, 5.41) is 86.6. The first-order valence-electron chi connectivity index (χ1n) is 33.8. The van der Waals surface area contributed by atoms with Gasteiger partial charge in [0, 0.05) is 168 Å². The van der Waals surface area contributed by atoms with Gasteiger partial charge in [0.2, 0.25) is 17.6 Å². The van der Waals surface area contributed by atoms with E-state index >= 15 is 8.78 Å². The third-order valence-corrected chi connectivity index (χ3v) is 19.1. The molecule has 0 radical (unpaired) electrons. The lowest BCUT2D eigenvalue weighted by atomic mass is 9.79. The second kappa shape index (κ2) is 27.1. The van der Waals surface area contributed by atoms with Gasteiger partial charge in [-0.3, -0.25) is 9.36 Å². The highest BCUT2D eigenvalue weighted by molar-refractivity contribution is 5.90. The molecule has 4 saturated heterocycles. The van der Waals surface area contributed by atoms with Gasteiger partial charge < -0.3 is 45.5 Å². The average Bonchev–Trinajstić information content (AvgIpc) is 1.66. The molecule has 0 saturated carbocycles. The summed E-state index contributed by atoms with van der Waals surface area (Å²) in [4.78, 5) is 21.1. The van der Waals surface area contributed by atoms with Gasteiger partial charge in [0.25, 0.3) is 0 Å². The Morgan fingerprint density at radius 2 is 0.893 bits per heavy atom. The zero-order chi connectivity index (χ0) is 73.1. The number of aryl methyl sites for hydroxylation is 2. The molecule has 25 nitrogen and oxygen atoms in total. The van der Waals surface area contributed by atoms with Crippen molar-refractivity contribution in [2.24, 2.45) is 14.1 Å². The zero-order valence-corrected chi connectivity index (χ0v) is 59.1. The molecule has 4 aliphatic rings. The monoisotopic (exact) mass is 1400 g/mol. The first-order valence-corrected chi connectivity index (χ1v) is 33.8. The van der Waals surface area contributed by atoms with Gasteiger partial charge in [-0.05, 0) is 154 Å². The molecule has 0 aliphatic carbocycles. The summed E-state index contributed by atoms with van der Waals surface area (Å²) < 4.78 is 65.7. The number of aromatic hydroxyl groups is 3. The molecular weight excluding hydrogens is 1320 g/mol. The van der Waals surface area contributed by atoms with Gasteiger partial charge in [-0.25, -0.2) is 38.1 Å². The fourth-order valence-electron chi connectivity index (χ4n) is 15.0. The van der Waals surface area contributed by atoms with Crippen LogP contribution in [0.15, 0.2) is 129 Å². The minimum absolute atomic E-state index is 0.0232. The maximum Gasteiger partial charge on any atom is 0.233 e. The maximum absolute atomic E-state index is 15.1. The van der Waals surface area contributed by atoms with Crippen LogP contribution in [0.4, 0.5) is 13.2 Å². The van der Waals surface area contributed by atoms with Crippen molar-refractivity contribution in [3.05, 3.63) is 140 Å². The topological polar surface area (TPSA) is 326 Å². The fourth-order valence-corrected chi connectivity index (χ4v) is 15.0. The second-order valence-corrected chi connectivity index (χ2v) is 30.1. The summed E-state index contributed by atoms with van der Waals surface area (Å²) in [6.45, 7) is 19.8. The maximum atomic E-state index is 15.1. The minimum atomic E-state index is -1.24. The predicted octanol–water partition coefficient (Wildman–Crippen LogP) is 12.0. The smallest absolute Gasteiger partial charge is 0.233 e. The van der Waals surface area contributed by atoms with Crippen molar-refractivity contribution in [3.8, 4) is 109 Å². The van der Waals surface area contributed by atoms with E-state index in [1.165, 1.54) is 37.5 Å². The van der Waals surface area contributed by atoms with E-state index in [0.29, 0.717) is 74.7 Å². The van der Waals surface area contributed by atoms with Gasteiger partial charge in [-0.15, -0.1) is 30.6 Å². The van der Waals surface area contributed by atoms with Crippen molar-refractivity contribution in [2.45, 2.75) is 172 Å². The standard InChI is InChI=1S/C27H28FN7O2.C26H28F2N6O2.C22H24N6O2/c1-26(2)11-21(25(28)27(3,4)34-26)37-22-7-6-19(31-32-22)24-20(36)10-17(13-30-24)15-8-16(12-29)23-18(9-15)14-35(5)33-23;1-25(2)11-20(24(28)26(3,4)33-25)36-21-7-6-18(30-31-21)23-19(35)10-15(12-29-23)14-8-16-13-34(5)32-22(16)17(27)9-14;1-21-5-6-22(2,28-21)9-16(8-21)30-19-4-3-17(26-27-19)20-18(29)7-14(12-25-20)15-10-23-13-24-11-15/h6-10,13-14,21,25,34,36H,11H2,1-5H3;6-10,12-13,20,24,33,35H,11H2,1-5H3;3-4,7,10-13,16,28-29H,5-6,8-9H2,1-2H3/t21-,25-;20-,24-;16?,21-,22+/m00./s1. The summed E-state index contributed by atoms with van der Waals surface area (Å²) in [6.07, 6.45) is 14.6. The number of nitriles is 1. The van der Waals surface area contributed by atoms with E-state index in [4.69, 9.17) is 14.2 Å². The SMILES string of the molecule is C[C@]12CC[C@](C)(CC(Oc3ccc(-c4ncc(-c5cncnc5)cc4O)nn3)C1)N2.Cn1cc2cc(-c3cnc(-c4ccc(O[C@H]5CC(C)(C)NC(C)(C)[C@H]5F)nn4)c(O)c3)cc(C#N)c2n1.Cn1cc2cc(-c3cnc(-c4ccc(O[C@H]5CC(C)(C)NC(C)(C)[C@H]5F)nn4)c(O)c3)cc(F)c2n1. The van der Waals surface area contributed by atoms with Crippen LogP contribution in [0.25, 0.3) is 89.4 Å². The molecule has 7 atom stereocenters. The molecule has 532 valence electrons. The summed E-state index contributed by atoms with van der Waals surface area (Å²) in [7, 11) is 3.52. The number of halogens is 3. The van der Waals surface area contributed by atoms with E-state index in [-0.39, 0.29) is 74.2 Å². The van der Waals surface area contributed by atoms with Crippen molar-refractivity contribution in [2.75, 3.05) is 0 Å². The number of nitrogens with zero attached hydrogens (tertiary/aromatic N) is 16. The molecule has 2 aromatic carbocycles. The van der Waals surface area contributed by atoms with Crippen LogP contribution >= 0.6 is 0 Å². The van der Waals surface area contributed by atoms with Gasteiger partial charge in [0.05, 0.1) is 5.56 Å². The minimum Gasteiger partial charge on any atom is -0.506 e. The number of alkyl halides is 2. The molecule has 4 aliphatic heterocycles. The van der Waals surface area contributed by atoms with Crippen LogP contribution in [0, 0.1) is 17.1 Å². The van der Waals surface area contributed by atoms with E-state index in [0.717, 1.165) is 34.9 Å². The number of pyridine rings is 3. The number of hydrogen-bond donors (Lipinski definition) is 6. The van der Waals surface area contributed by atoms with Crippen molar-refractivity contribution in [3.63, 3.8) is 0 Å². The number of aromatic nitrogens is 15. The highest BCUT2D eigenvalue weighted by Gasteiger charge is 2.51. The molecule has 0 spiro atoms. The van der Waals surface area contributed by atoms with E-state index in [2.05, 4.69) is 102 Å². The molecule has 13 heterocycles. The predicted molar refractivity (Wildman–Crippen MR) is 379 cm³/mol. The molecule has 28 heteroatoms. The van der Waals surface area contributed by atoms with E-state index < -0.39 is 41.4 Å². The van der Waals surface area contributed by atoms with Crippen LogP contribution < -0.4 is 30.2 Å². The Labute approximate surface area is 592 Å². The molecule has 103 heavy (non-hydrogen) atoms. The number of ether oxygens (including phenoxy) is 3. The highest BCUT2D eigenvalue weighted by Crippen LogP contribution is 2.44. The molecule has 4 fully saturated rings. The van der Waals surface area contributed by atoms with E-state index in [1.807, 2.05) is 67.7 Å².